The maximum atomic E-state index is 11.9. The van der Waals surface area contributed by atoms with E-state index in [1.54, 1.807) is 0 Å². The van der Waals surface area contributed by atoms with Crippen LogP contribution in [0.5, 0.6) is 0 Å². The fourth-order valence-corrected chi connectivity index (χ4v) is 2.55. The van der Waals surface area contributed by atoms with Crippen molar-refractivity contribution in [3.63, 3.8) is 0 Å². The third-order valence-electron chi connectivity index (χ3n) is 2.41. The molecule has 0 aliphatic carbocycles. The first-order valence-electron chi connectivity index (χ1n) is 4.88. The summed E-state index contributed by atoms with van der Waals surface area (Å²) in [5, 5.41) is 10.8. The van der Waals surface area contributed by atoms with Crippen LogP contribution < -0.4 is 0 Å². The van der Waals surface area contributed by atoms with Crippen LogP contribution in [0.25, 0.3) is 0 Å². The molecule has 1 rings (SSSR count). The predicted octanol–water partition coefficient (Wildman–Crippen LogP) is 0.966. The van der Waals surface area contributed by atoms with Gasteiger partial charge in [0.15, 0.2) is 6.29 Å². The van der Waals surface area contributed by atoms with Crippen LogP contribution in [-0.2, 0) is 10.0 Å². The van der Waals surface area contributed by atoms with Crippen molar-refractivity contribution in [2.24, 2.45) is 0 Å². The zero-order valence-electron chi connectivity index (χ0n) is 10.1. The lowest BCUT2D eigenvalue weighted by atomic mass is 10.1. The van der Waals surface area contributed by atoms with Crippen LogP contribution in [-0.4, -0.2) is 38.0 Å². The third-order valence-corrected chi connectivity index (χ3v) is 4.36. The van der Waals surface area contributed by atoms with Gasteiger partial charge in [0.1, 0.15) is 0 Å². The van der Waals surface area contributed by atoms with Crippen molar-refractivity contribution in [2.75, 3.05) is 14.1 Å². The Labute approximate surface area is 104 Å². The first kappa shape index (κ1) is 14.3. The smallest absolute Gasteiger partial charge is 0.281 e. The van der Waals surface area contributed by atoms with E-state index in [0.29, 0.717) is 6.29 Å². The molecular formula is C10H12N2O5S. The highest BCUT2D eigenvalue weighted by Gasteiger charge is 2.25. The van der Waals surface area contributed by atoms with E-state index in [1.807, 2.05) is 0 Å². The van der Waals surface area contributed by atoms with Crippen molar-refractivity contribution in [1.29, 1.82) is 0 Å². The molecule has 0 spiro atoms. The van der Waals surface area contributed by atoms with E-state index in [1.165, 1.54) is 27.1 Å². The molecule has 0 bridgehead atoms. The van der Waals surface area contributed by atoms with Gasteiger partial charge < -0.3 is 0 Å². The molecule has 1 aromatic carbocycles. The predicted molar refractivity (Wildman–Crippen MR) is 64.1 cm³/mol. The molecule has 0 aliphatic heterocycles. The Kier molecular flexibility index (Phi) is 3.82. The summed E-state index contributed by atoms with van der Waals surface area (Å²) in [5.41, 5.74) is -0.373. The number of rotatable bonds is 4. The molecule has 0 amide bonds. The normalized spacial score (nSPS) is 11.6. The SMILES string of the molecule is Cc1cc(C=O)c([N+](=O)[O-])cc1S(=O)(=O)N(C)C. The molecule has 0 saturated heterocycles. The number of carbonyl (C=O) groups is 1. The fourth-order valence-electron chi connectivity index (χ4n) is 1.43. The van der Waals surface area contributed by atoms with E-state index in [4.69, 9.17) is 0 Å². The van der Waals surface area contributed by atoms with Crippen LogP contribution in [0.1, 0.15) is 15.9 Å². The van der Waals surface area contributed by atoms with E-state index in [2.05, 4.69) is 0 Å². The highest BCUT2D eigenvalue weighted by atomic mass is 32.2. The van der Waals surface area contributed by atoms with Gasteiger partial charge in [-0.05, 0) is 18.6 Å². The number of benzene rings is 1. The summed E-state index contributed by atoms with van der Waals surface area (Å²) in [6.45, 7) is 1.48. The van der Waals surface area contributed by atoms with Gasteiger partial charge in [-0.3, -0.25) is 14.9 Å². The molecule has 0 aliphatic rings. The number of nitro groups is 1. The molecule has 0 saturated carbocycles. The number of aryl methyl sites for hydroxylation is 1. The van der Waals surface area contributed by atoms with Crippen LogP contribution in [0, 0.1) is 17.0 Å². The molecule has 0 fully saturated rings. The van der Waals surface area contributed by atoms with E-state index >= 15 is 0 Å². The Morgan fingerprint density at radius 3 is 2.28 bits per heavy atom. The molecule has 0 unspecified atom stereocenters. The lowest BCUT2D eigenvalue weighted by molar-refractivity contribution is -0.385. The van der Waals surface area contributed by atoms with Crippen LogP contribution in [0.15, 0.2) is 17.0 Å². The van der Waals surface area contributed by atoms with Gasteiger partial charge in [0.2, 0.25) is 10.0 Å². The van der Waals surface area contributed by atoms with Gasteiger partial charge in [-0.15, -0.1) is 0 Å². The van der Waals surface area contributed by atoms with Crippen molar-refractivity contribution in [1.82, 2.24) is 4.31 Å². The van der Waals surface area contributed by atoms with Gasteiger partial charge in [0.25, 0.3) is 5.69 Å². The van der Waals surface area contributed by atoms with Crippen molar-refractivity contribution in [3.8, 4) is 0 Å². The van der Waals surface area contributed by atoms with Crippen LogP contribution in [0.2, 0.25) is 0 Å². The first-order valence-corrected chi connectivity index (χ1v) is 6.32. The third kappa shape index (κ3) is 2.39. The van der Waals surface area contributed by atoms with E-state index < -0.39 is 20.6 Å². The summed E-state index contributed by atoms with van der Waals surface area (Å²) in [7, 11) is -1.12. The molecule has 0 heterocycles. The largest absolute Gasteiger partial charge is 0.298 e. The molecule has 98 valence electrons. The summed E-state index contributed by atoms with van der Waals surface area (Å²) >= 11 is 0. The molecule has 7 nitrogen and oxygen atoms in total. The minimum absolute atomic E-state index is 0.143. The van der Waals surface area contributed by atoms with E-state index in [0.717, 1.165) is 10.4 Å². The van der Waals surface area contributed by atoms with Crippen molar-refractivity contribution in [2.45, 2.75) is 11.8 Å². The Balaban J connectivity index is 3.64. The molecule has 0 radical (unpaired) electrons. The van der Waals surface area contributed by atoms with E-state index in [9.17, 15) is 23.3 Å². The van der Waals surface area contributed by atoms with E-state index in [-0.39, 0.29) is 16.0 Å². The Morgan fingerprint density at radius 2 is 1.89 bits per heavy atom. The minimum Gasteiger partial charge on any atom is -0.298 e. The number of sulfonamides is 1. The first-order chi connectivity index (χ1) is 8.21. The summed E-state index contributed by atoms with van der Waals surface area (Å²) in [6, 6.07) is 2.11. The molecule has 18 heavy (non-hydrogen) atoms. The lowest BCUT2D eigenvalue weighted by Crippen LogP contribution is -2.23. The van der Waals surface area contributed by atoms with Gasteiger partial charge in [0.05, 0.1) is 15.4 Å². The average molecular weight is 272 g/mol. The number of aldehydes is 1. The van der Waals surface area contributed by atoms with Crippen molar-refractivity contribution >= 4 is 22.0 Å². The lowest BCUT2D eigenvalue weighted by Gasteiger charge is -2.13. The van der Waals surface area contributed by atoms with Gasteiger partial charge in [-0.1, -0.05) is 0 Å². The molecule has 8 heteroatoms. The second-order valence-electron chi connectivity index (χ2n) is 3.84. The number of nitro benzene ring substituents is 1. The molecule has 0 atom stereocenters. The zero-order chi connectivity index (χ0) is 14.1. The summed E-state index contributed by atoms with van der Waals surface area (Å²) in [5.74, 6) is 0. The maximum absolute atomic E-state index is 11.9. The van der Waals surface area contributed by atoms with Gasteiger partial charge in [0, 0.05) is 20.2 Å². The summed E-state index contributed by atoms with van der Waals surface area (Å²) < 4.78 is 24.8. The number of hydrogen-bond acceptors (Lipinski definition) is 5. The second kappa shape index (κ2) is 4.83. The Morgan fingerprint density at radius 1 is 1.33 bits per heavy atom. The number of nitrogens with zero attached hydrogens (tertiary/aromatic N) is 2. The fraction of sp³-hybridized carbons (Fsp3) is 0.300. The van der Waals surface area contributed by atoms with Crippen LogP contribution >= 0.6 is 0 Å². The molecule has 0 N–H and O–H groups in total. The molecule has 0 aromatic heterocycles. The summed E-state index contributed by atoms with van der Waals surface area (Å²) in [4.78, 5) is 20.5. The van der Waals surface area contributed by atoms with Crippen LogP contribution in [0.3, 0.4) is 0 Å². The highest BCUT2D eigenvalue weighted by Crippen LogP contribution is 2.26. The maximum Gasteiger partial charge on any atom is 0.281 e. The Bertz CT molecular complexity index is 607. The minimum atomic E-state index is -3.78. The highest BCUT2D eigenvalue weighted by molar-refractivity contribution is 7.89. The molecule has 1 aromatic rings. The zero-order valence-corrected chi connectivity index (χ0v) is 10.9. The Hall–Kier alpha value is -1.80. The number of hydrogen-bond donors (Lipinski definition) is 0. The van der Waals surface area contributed by atoms with Crippen molar-refractivity contribution < 1.29 is 18.1 Å². The van der Waals surface area contributed by atoms with Crippen LogP contribution in [0.4, 0.5) is 5.69 Å². The molecular weight excluding hydrogens is 260 g/mol. The quantitative estimate of drug-likeness (QED) is 0.462. The standard InChI is InChI=1S/C10H12N2O5S/c1-7-4-8(6-13)9(12(14)15)5-10(7)18(16,17)11(2)3/h4-6H,1-3H3. The number of carbonyl (C=O) groups excluding carboxylic acids is 1. The van der Waals surface area contributed by atoms with Crippen molar-refractivity contribution in [3.05, 3.63) is 33.4 Å². The monoisotopic (exact) mass is 272 g/mol. The van der Waals surface area contributed by atoms with Gasteiger partial charge in [-0.2, -0.15) is 0 Å². The average Bonchev–Trinajstić information content (AvgIpc) is 2.27. The second-order valence-corrected chi connectivity index (χ2v) is 5.96. The van der Waals surface area contributed by atoms with Gasteiger partial charge >= 0.3 is 0 Å². The topological polar surface area (TPSA) is 97.6 Å². The summed E-state index contributed by atoms with van der Waals surface area (Å²) in [6.07, 6.45) is 0.331. The van der Waals surface area contributed by atoms with Gasteiger partial charge in [-0.25, -0.2) is 12.7 Å².